The second-order valence-electron chi connectivity index (χ2n) is 18.2. The summed E-state index contributed by atoms with van der Waals surface area (Å²) < 4.78 is 56.7. The van der Waals surface area contributed by atoms with E-state index >= 15 is 0 Å². The quantitative estimate of drug-likeness (QED) is 0.0233. The van der Waals surface area contributed by atoms with Gasteiger partial charge in [0.2, 0.25) is 0 Å². The topological polar surface area (TPSA) is 265 Å². The van der Waals surface area contributed by atoms with Gasteiger partial charge in [0, 0.05) is 19.0 Å². The summed E-state index contributed by atoms with van der Waals surface area (Å²) in [5.74, 6) is 0.276. The maximum atomic E-state index is 12.8. The van der Waals surface area contributed by atoms with E-state index in [1.165, 1.54) is 102 Å². The van der Waals surface area contributed by atoms with Gasteiger partial charge < -0.3 is 39.9 Å². The normalized spacial score (nSPS) is 20.6. The van der Waals surface area contributed by atoms with Crippen molar-refractivity contribution in [3.63, 3.8) is 0 Å². The molecule has 0 bridgehead atoms. The van der Waals surface area contributed by atoms with Crippen LogP contribution in [-0.2, 0) is 46.3 Å². The summed E-state index contributed by atoms with van der Waals surface area (Å²) in [6, 6.07) is 1.25. The van der Waals surface area contributed by atoms with Crippen LogP contribution in [0, 0.1) is 11.8 Å². The number of phosphoric ester groups is 2. The van der Waals surface area contributed by atoms with E-state index in [1.807, 2.05) is 0 Å². The molecule has 0 radical (unpaired) electrons. The summed E-state index contributed by atoms with van der Waals surface area (Å²) in [6.45, 7) is 6.75. The monoisotopic (exact) mass is 982 g/mol. The first-order valence-corrected chi connectivity index (χ1v) is 27.8. The predicted octanol–water partition coefficient (Wildman–Crippen LogP) is 9.60. The molecule has 66 heavy (non-hydrogen) atoms. The maximum Gasteiger partial charge on any atom is 0.481 e. The highest BCUT2D eigenvalue weighted by Gasteiger charge is 2.46. The minimum atomic E-state index is -5.41. The molecule has 6 N–H and O–H groups in total. The molecule has 1 aliphatic rings. The largest absolute Gasteiger partial charge is 0.481 e. The first kappa shape index (κ1) is 59.9. The van der Waals surface area contributed by atoms with Gasteiger partial charge in [-0.15, -0.1) is 0 Å². The number of ether oxygens (including phenoxy) is 3. The van der Waals surface area contributed by atoms with Crippen LogP contribution in [0.25, 0.3) is 0 Å². The van der Waals surface area contributed by atoms with Crippen LogP contribution in [0.1, 0.15) is 201 Å². The zero-order chi connectivity index (χ0) is 48.8. The van der Waals surface area contributed by atoms with E-state index in [4.69, 9.17) is 29.0 Å². The molecule has 1 aromatic rings. The number of nitrogens with zero attached hydrogens (tertiary/aromatic N) is 2. The Balaban J connectivity index is 1.77. The fraction of sp³-hybridized carbons (Fsp3) is 0.870. The average molecular weight is 982 g/mol. The minimum absolute atomic E-state index is 0.0527. The molecular formula is C46H85N3O15P2. The lowest BCUT2D eigenvalue weighted by Crippen LogP contribution is -2.36. The number of nitrogen functional groups attached to an aromatic ring is 1. The Kier molecular flexibility index (Phi) is 31.0. The third kappa shape index (κ3) is 27.1. The molecule has 1 aromatic heterocycles. The van der Waals surface area contributed by atoms with Crippen LogP contribution < -0.4 is 11.4 Å². The lowest BCUT2D eigenvalue weighted by Gasteiger charge is -2.21. The number of hydrogen-bond acceptors (Lipinski definition) is 15. The molecule has 2 rings (SSSR count). The van der Waals surface area contributed by atoms with Crippen LogP contribution in [-0.4, -0.2) is 85.7 Å². The van der Waals surface area contributed by atoms with Gasteiger partial charge in [-0.1, -0.05) is 169 Å². The van der Waals surface area contributed by atoms with Gasteiger partial charge in [-0.05, 0) is 30.7 Å². The molecule has 0 saturated carbocycles. The Hall–Kier alpha value is -2.24. The lowest BCUT2D eigenvalue weighted by atomic mass is 9.99. The van der Waals surface area contributed by atoms with Crippen molar-refractivity contribution in [1.82, 2.24) is 9.55 Å². The molecule has 9 atom stereocenters. The SMILES string of the molecule is CCC(C)CCCCCCCCCCCCCCCCC(=O)OC[C@H](COP(=O)(O)OP(=O)(O)OC[C@H]1O[C@@H](n2ccc(N)nc2=O)C(O)[C@H]1O)OC(=O)CCCCCCCCC(C)CC. The second kappa shape index (κ2) is 34.1. The number of hydrogen-bond donors (Lipinski definition) is 5. The highest BCUT2D eigenvalue weighted by molar-refractivity contribution is 7.61. The number of anilines is 1. The molecule has 0 amide bonds. The first-order valence-electron chi connectivity index (χ1n) is 24.8. The number of esters is 2. The first-order chi connectivity index (χ1) is 31.5. The fourth-order valence-corrected chi connectivity index (χ4v) is 9.73. The van der Waals surface area contributed by atoms with Crippen molar-refractivity contribution in [2.45, 2.75) is 225 Å². The molecule has 1 aliphatic heterocycles. The number of carbonyl (C=O) groups excluding carboxylic acids is 2. The molecule has 20 heteroatoms. The van der Waals surface area contributed by atoms with Crippen molar-refractivity contribution < 1.29 is 66.3 Å². The number of aromatic nitrogens is 2. The molecule has 0 aliphatic carbocycles. The minimum Gasteiger partial charge on any atom is -0.462 e. The third-order valence-corrected chi connectivity index (χ3v) is 14.9. The Morgan fingerprint density at radius 3 is 1.65 bits per heavy atom. The summed E-state index contributed by atoms with van der Waals surface area (Å²) >= 11 is 0. The van der Waals surface area contributed by atoms with Crippen molar-refractivity contribution in [2.24, 2.45) is 11.8 Å². The van der Waals surface area contributed by atoms with E-state index in [0.29, 0.717) is 18.8 Å². The Labute approximate surface area is 393 Å². The molecule has 18 nitrogen and oxygen atoms in total. The van der Waals surface area contributed by atoms with Crippen LogP contribution in [0.4, 0.5) is 5.82 Å². The number of aliphatic hydroxyl groups is 2. The van der Waals surface area contributed by atoms with E-state index < -0.39 is 83.7 Å². The Morgan fingerprint density at radius 2 is 1.17 bits per heavy atom. The van der Waals surface area contributed by atoms with Crippen LogP contribution in [0.15, 0.2) is 17.1 Å². The summed E-state index contributed by atoms with van der Waals surface area (Å²) in [5, 5.41) is 20.9. The summed E-state index contributed by atoms with van der Waals surface area (Å²) in [4.78, 5) is 61.8. The van der Waals surface area contributed by atoms with Crippen molar-refractivity contribution in [2.75, 3.05) is 25.6 Å². The molecule has 2 heterocycles. The molecule has 0 spiro atoms. The van der Waals surface area contributed by atoms with E-state index in [2.05, 4.69) is 37.0 Å². The van der Waals surface area contributed by atoms with E-state index in [0.717, 1.165) is 61.9 Å². The smallest absolute Gasteiger partial charge is 0.462 e. The predicted molar refractivity (Wildman–Crippen MR) is 252 cm³/mol. The zero-order valence-corrected chi connectivity index (χ0v) is 42.1. The van der Waals surface area contributed by atoms with Gasteiger partial charge in [-0.3, -0.25) is 23.2 Å². The van der Waals surface area contributed by atoms with E-state index in [-0.39, 0.29) is 18.7 Å². The van der Waals surface area contributed by atoms with Crippen molar-refractivity contribution in [3.8, 4) is 0 Å². The second-order valence-corrected chi connectivity index (χ2v) is 21.2. The van der Waals surface area contributed by atoms with Gasteiger partial charge in [-0.25, -0.2) is 13.9 Å². The summed E-state index contributed by atoms with van der Waals surface area (Å²) in [5.41, 5.74) is 4.59. The fourth-order valence-electron chi connectivity index (χ4n) is 7.62. The maximum absolute atomic E-state index is 12.8. The number of nitrogens with two attached hydrogens (primary N) is 1. The van der Waals surface area contributed by atoms with Gasteiger partial charge in [0.1, 0.15) is 30.7 Å². The number of aliphatic hydroxyl groups excluding tert-OH is 2. The van der Waals surface area contributed by atoms with Crippen LogP contribution in [0.5, 0.6) is 0 Å². The van der Waals surface area contributed by atoms with E-state index in [9.17, 15) is 43.5 Å². The zero-order valence-electron chi connectivity index (χ0n) is 40.3. The van der Waals surface area contributed by atoms with Gasteiger partial charge in [-0.2, -0.15) is 9.29 Å². The van der Waals surface area contributed by atoms with Crippen LogP contribution >= 0.6 is 15.6 Å². The van der Waals surface area contributed by atoms with Crippen molar-refractivity contribution >= 4 is 33.4 Å². The van der Waals surface area contributed by atoms with Crippen LogP contribution in [0.2, 0.25) is 0 Å². The lowest BCUT2D eigenvalue weighted by molar-refractivity contribution is -0.161. The molecule has 0 aromatic carbocycles. The average Bonchev–Trinajstić information content (AvgIpc) is 3.55. The van der Waals surface area contributed by atoms with Gasteiger partial charge in [0.15, 0.2) is 12.3 Å². The highest BCUT2D eigenvalue weighted by atomic mass is 31.3. The molecule has 1 saturated heterocycles. The third-order valence-electron chi connectivity index (χ3n) is 12.3. The molecular weight excluding hydrogens is 896 g/mol. The van der Waals surface area contributed by atoms with Gasteiger partial charge in [0.05, 0.1) is 13.2 Å². The standard InChI is InChI=1S/C46H85N3O15P2/c1-5-36(3)27-23-19-15-13-11-9-7-8-10-12-14-16-21-25-29-41(50)59-33-38(62-42(51)30-26-22-18-17-20-24-28-37(4)6-2)34-60-65(55,56)64-66(57,58)61-35-39-43(52)44(53)45(63-39)49-32-31-40(47)48-46(49)54/h31-32,36-39,43-45,52-53H,5-30,33-35H2,1-4H3,(H,55,56)(H,57,58)(H2,47,48,54)/t36?,37?,38-,39-,43+,44?,45-/m1/s1. The number of phosphoric acid groups is 2. The van der Waals surface area contributed by atoms with Gasteiger partial charge >= 0.3 is 33.3 Å². The highest BCUT2D eigenvalue weighted by Crippen LogP contribution is 2.60. The van der Waals surface area contributed by atoms with Crippen LogP contribution in [0.3, 0.4) is 0 Å². The molecule has 5 unspecified atom stereocenters. The summed E-state index contributed by atoms with van der Waals surface area (Å²) in [6.07, 6.45) is 20.8. The number of rotatable bonds is 40. The van der Waals surface area contributed by atoms with E-state index in [1.54, 1.807) is 0 Å². The van der Waals surface area contributed by atoms with Gasteiger partial charge in [0.25, 0.3) is 0 Å². The summed E-state index contributed by atoms with van der Waals surface area (Å²) in [7, 11) is -10.8. The number of carbonyl (C=O) groups is 2. The Bertz CT molecular complexity index is 1640. The van der Waals surface area contributed by atoms with Crippen molar-refractivity contribution in [3.05, 3.63) is 22.7 Å². The Morgan fingerprint density at radius 1 is 0.712 bits per heavy atom. The number of unbranched alkanes of at least 4 members (excludes halogenated alkanes) is 18. The van der Waals surface area contributed by atoms with Crippen molar-refractivity contribution in [1.29, 1.82) is 0 Å². The molecule has 1 fully saturated rings. The molecule has 384 valence electrons.